The third-order valence-electron chi connectivity index (χ3n) is 4.42. The Labute approximate surface area is 112 Å². The maximum Gasteiger partial charge on any atom is 0.0586 e. The van der Waals surface area contributed by atoms with E-state index < -0.39 is 10.8 Å². The lowest BCUT2D eigenvalue weighted by Gasteiger charge is -2.22. The molecule has 0 spiro atoms. The molecule has 0 amide bonds. The highest BCUT2D eigenvalue weighted by Crippen LogP contribution is 2.37. The molecular formula is C15H21NOS. The summed E-state index contributed by atoms with van der Waals surface area (Å²) in [5.74, 6) is 0. The van der Waals surface area contributed by atoms with Crippen molar-refractivity contribution in [3.8, 4) is 0 Å². The first kappa shape index (κ1) is 12.4. The first-order valence-corrected chi connectivity index (χ1v) is 8.23. The van der Waals surface area contributed by atoms with Crippen LogP contribution in [0.25, 0.3) is 0 Å². The fraction of sp³-hybridized carbons (Fsp3) is 0.600. The van der Waals surface area contributed by atoms with Crippen molar-refractivity contribution in [2.24, 2.45) is 0 Å². The van der Waals surface area contributed by atoms with Gasteiger partial charge in [-0.1, -0.05) is 37.1 Å². The molecule has 0 aliphatic heterocycles. The highest BCUT2D eigenvalue weighted by Gasteiger charge is 2.38. The normalized spacial score (nSPS) is 29.4. The molecule has 98 valence electrons. The summed E-state index contributed by atoms with van der Waals surface area (Å²) < 4.78 is 12.8. The Hall–Kier alpha value is -0.670. The highest BCUT2D eigenvalue weighted by molar-refractivity contribution is 7.86. The van der Waals surface area contributed by atoms with Gasteiger partial charge in [0.05, 0.1) is 5.25 Å². The first-order valence-electron chi connectivity index (χ1n) is 6.95. The zero-order valence-corrected chi connectivity index (χ0v) is 11.7. The van der Waals surface area contributed by atoms with Gasteiger partial charge in [0.15, 0.2) is 0 Å². The molecule has 0 aromatic heterocycles. The van der Waals surface area contributed by atoms with E-state index in [1.54, 1.807) is 0 Å². The molecule has 2 aliphatic rings. The Kier molecular flexibility index (Phi) is 3.53. The fourth-order valence-electron chi connectivity index (χ4n) is 3.48. The van der Waals surface area contributed by atoms with E-state index in [1.165, 1.54) is 24.0 Å². The summed E-state index contributed by atoms with van der Waals surface area (Å²) in [6, 6.07) is 8.83. The first-order chi connectivity index (χ1) is 8.81. The Morgan fingerprint density at radius 1 is 1.22 bits per heavy atom. The van der Waals surface area contributed by atoms with E-state index in [9.17, 15) is 4.21 Å². The molecular weight excluding hydrogens is 242 g/mol. The molecule has 3 rings (SSSR count). The maximum absolute atomic E-state index is 12.8. The van der Waals surface area contributed by atoms with Crippen LogP contribution < -0.4 is 5.32 Å². The van der Waals surface area contributed by atoms with Crippen molar-refractivity contribution in [2.45, 2.75) is 48.6 Å². The van der Waals surface area contributed by atoms with Gasteiger partial charge in [-0.2, -0.15) is 0 Å². The second-order valence-corrected chi connectivity index (χ2v) is 7.37. The van der Waals surface area contributed by atoms with Crippen LogP contribution in [0.2, 0.25) is 0 Å². The largest absolute Gasteiger partial charge is 0.312 e. The number of nitrogens with one attached hydrogen (secondary N) is 1. The SMILES string of the molecule is CNC1c2ccccc2CC1S(=O)C1CCCC1. The number of hydrogen-bond acceptors (Lipinski definition) is 2. The van der Waals surface area contributed by atoms with E-state index in [2.05, 4.69) is 29.6 Å². The molecule has 3 atom stereocenters. The molecule has 2 aliphatic carbocycles. The summed E-state index contributed by atoms with van der Waals surface area (Å²) in [5.41, 5.74) is 2.74. The summed E-state index contributed by atoms with van der Waals surface area (Å²) in [7, 11) is 1.30. The summed E-state index contributed by atoms with van der Waals surface area (Å²) in [4.78, 5) is 0. The standard InChI is InChI=1S/C15H21NOS/c1-16-15-13-9-5-2-6-11(13)10-14(15)18(17)12-7-3-4-8-12/h2,5-6,9,12,14-16H,3-4,7-8,10H2,1H3. The van der Waals surface area contributed by atoms with Gasteiger partial charge in [0.1, 0.15) is 0 Å². The molecule has 0 radical (unpaired) electrons. The third-order valence-corrected chi connectivity index (χ3v) is 6.59. The fourth-order valence-corrected chi connectivity index (χ4v) is 5.67. The van der Waals surface area contributed by atoms with Crippen molar-refractivity contribution < 1.29 is 4.21 Å². The molecule has 1 aromatic carbocycles. The zero-order valence-electron chi connectivity index (χ0n) is 10.9. The summed E-state index contributed by atoms with van der Waals surface area (Å²) >= 11 is 0. The van der Waals surface area contributed by atoms with E-state index in [0.717, 1.165) is 19.3 Å². The second-order valence-electron chi connectivity index (χ2n) is 5.44. The van der Waals surface area contributed by atoms with Gasteiger partial charge in [-0.05, 0) is 37.4 Å². The van der Waals surface area contributed by atoms with Crippen molar-refractivity contribution in [1.29, 1.82) is 0 Å². The van der Waals surface area contributed by atoms with Crippen molar-refractivity contribution >= 4 is 10.8 Å². The number of benzene rings is 1. The molecule has 18 heavy (non-hydrogen) atoms. The van der Waals surface area contributed by atoms with E-state index in [1.807, 2.05) is 7.05 Å². The summed E-state index contributed by atoms with van der Waals surface area (Å²) in [6.45, 7) is 0. The molecule has 0 heterocycles. The van der Waals surface area contributed by atoms with Crippen molar-refractivity contribution in [1.82, 2.24) is 5.32 Å². The van der Waals surface area contributed by atoms with Gasteiger partial charge in [0, 0.05) is 22.1 Å². The topological polar surface area (TPSA) is 29.1 Å². The van der Waals surface area contributed by atoms with Crippen LogP contribution in [0.5, 0.6) is 0 Å². The lowest BCUT2D eigenvalue weighted by molar-refractivity contribution is 0.574. The Morgan fingerprint density at radius 2 is 1.94 bits per heavy atom. The maximum atomic E-state index is 12.8. The van der Waals surface area contributed by atoms with Crippen LogP contribution in [0.3, 0.4) is 0 Å². The molecule has 3 heteroatoms. The highest BCUT2D eigenvalue weighted by atomic mass is 32.2. The van der Waals surface area contributed by atoms with Gasteiger partial charge >= 0.3 is 0 Å². The number of rotatable bonds is 3. The van der Waals surface area contributed by atoms with Crippen molar-refractivity contribution in [2.75, 3.05) is 7.05 Å². The molecule has 1 N–H and O–H groups in total. The van der Waals surface area contributed by atoms with Gasteiger partial charge in [-0.25, -0.2) is 0 Å². The molecule has 1 saturated carbocycles. The van der Waals surface area contributed by atoms with Gasteiger partial charge in [0.2, 0.25) is 0 Å². The van der Waals surface area contributed by atoms with Gasteiger partial charge < -0.3 is 5.32 Å². The van der Waals surface area contributed by atoms with Crippen LogP contribution in [0.15, 0.2) is 24.3 Å². The lowest BCUT2D eigenvalue weighted by atomic mass is 10.1. The van der Waals surface area contributed by atoms with Gasteiger partial charge in [0.25, 0.3) is 0 Å². The predicted octanol–water partition coefficient (Wildman–Crippen LogP) is 2.56. The van der Waals surface area contributed by atoms with Gasteiger partial charge in [-0.3, -0.25) is 4.21 Å². The zero-order chi connectivity index (χ0) is 12.5. The van der Waals surface area contributed by atoms with Crippen LogP contribution in [0.4, 0.5) is 0 Å². The summed E-state index contributed by atoms with van der Waals surface area (Å²) in [6.07, 6.45) is 5.83. The average Bonchev–Trinajstić information content (AvgIpc) is 3.04. The molecule has 3 unspecified atom stereocenters. The van der Waals surface area contributed by atoms with E-state index in [-0.39, 0.29) is 11.3 Å². The van der Waals surface area contributed by atoms with Crippen LogP contribution in [-0.2, 0) is 17.2 Å². The molecule has 1 fully saturated rings. The number of fused-ring (bicyclic) bond motifs is 1. The Bertz CT molecular complexity index is 454. The Balaban J connectivity index is 1.84. The van der Waals surface area contributed by atoms with Crippen molar-refractivity contribution in [3.05, 3.63) is 35.4 Å². The molecule has 2 nitrogen and oxygen atoms in total. The molecule has 0 saturated heterocycles. The minimum absolute atomic E-state index is 0.274. The Morgan fingerprint density at radius 3 is 2.67 bits per heavy atom. The monoisotopic (exact) mass is 263 g/mol. The lowest BCUT2D eigenvalue weighted by Crippen LogP contribution is -2.33. The minimum Gasteiger partial charge on any atom is -0.312 e. The van der Waals surface area contributed by atoms with Crippen LogP contribution in [0.1, 0.15) is 42.9 Å². The third kappa shape index (κ3) is 2.04. The van der Waals surface area contributed by atoms with E-state index in [0.29, 0.717) is 5.25 Å². The molecule has 0 bridgehead atoms. The minimum atomic E-state index is -0.689. The quantitative estimate of drug-likeness (QED) is 0.908. The van der Waals surface area contributed by atoms with Crippen LogP contribution in [-0.4, -0.2) is 21.8 Å². The average molecular weight is 263 g/mol. The predicted molar refractivity (Wildman–Crippen MR) is 76.1 cm³/mol. The van der Waals surface area contributed by atoms with Crippen molar-refractivity contribution in [3.63, 3.8) is 0 Å². The smallest absolute Gasteiger partial charge is 0.0586 e. The van der Waals surface area contributed by atoms with Gasteiger partial charge in [-0.15, -0.1) is 0 Å². The molecule has 1 aromatic rings. The van der Waals surface area contributed by atoms with Crippen LogP contribution in [0, 0.1) is 0 Å². The van der Waals surface area contributed by atoms with E-state index in [4.69, 9.17) is 0 Å². The summed E-state index contributed by atoms with van der Waals surface area (Å²) in [5, 5.41) is 4.10. The van der Waals surface area contributed by atoms with Crippen LogP contribution >= 0.6 is 0 Å². The second kappa shape index (κ2) is 5.14. The number of hydrogen-bond donors (Lipinski definition) is 1. The van der Waals surface area contributed by atoms with E-state index >= 15 is 0 Å².